The molecule has 0 aromatic heterocycles. The summed E-state index contributed by atoms with van der Waals surface area (Å²) in [6.45, 7) is 6.01. The maximum Gasteiger partial charge on any atom is 0.410 e. The zero-order valence-corrected chi connectivity index (χ0v) is 14.1. The van der Waals surface area contributed by atoms with Gasteiger partial charge in [0, 0.05) is 18.2 Å². The van der Waals surface area contributed by atoms with Crippen molar-refractivity contribution in [1.29, 1.82) is 0 Å². The standard InChI is InChI=1S/C17H23NO6/c1-17(2,3)24-16(21)18-6-4-5-11(18)15(20)10-7-13-14(8-12(10)19)23-9-22-13/h7-8,11,15,19-20H,4-6,9H2,1-3H3/t11-,15-/m0/s1. The number of aromatic hydroxyl groups is 1. The van der Waals surface area contributed by atoms with Gasteiger partial charge >= 0.3 is 6.09 Å². The van der Waals surface area contributed by atoms with Gasteiger partial charge in [-0.15, -0.1) is 0 Å². The second-order valence-corrected chi connectivity index (χ2v) is 7.09. The molecule has 0 aliphatic carbocycles. The Hall–Kier alpha value is -2.15. The number of benzene rings is 1. The zero-order valence-electron chi connectivity index (χ0n) is 14.1. The third kappa shape index (κ3) is 3.21. The normalized spacial score (nSPS) is 21.0. The number of nitrogens with zero attached hydrogens (tertiary/aromatic N) is 1. The predicted molar refractivity (Wildman–Crippen MR) is 85.2 cm³/mol. The van der Waals surface area contributed by atoms with Crippen molar-refractivity contribution in [2.24, 2.45) is 0 Å². The van der Waals surface area contributed by atoms with Gasteiger partial charge in [-0.25, -0.2) is 4.79 Å². The van der Waals surface area contributed by atoms with Crippen molar-refractivity contribution in [3.8, 4) is 17.2 Å². The SMILES string of the molecule is CC(C)(C)OC(=O)N1CCC[C@H]1[C@@H](O)c1cc2c(cc1O)OCO2. The third-order valence-electron chi connectivity index (χ3n) is 4.13. The van der Waals surface area contributed by atoms with Crippen molar-refractivity contribution >= 4 is 6.09 Å². The van der Waals surface area contributed by atoms with Gasteiger partial charge in [-0.1, -0.05) is 0 Å². The first-order chi connectivity index (χ1) is 11.3. The number of hydrogen-bond acceptors (Lipinski definition) is 6. The molecule has 2 aliphatic heterocycles. The Balaban J connectivity index is 1.81. The number of carbonyl (C=O) groups is 1. The van der Waals surface area contributed by atoms with E-state index in [2.05, 4.69) is 0 Å². The van der Waals surface area contributed by atoms with Crippen LogP contribution in [0.1, 0.15) is 45.3 Å². The van der Waals surface area contributed by atoms with E-state index >= 15 is 0 Å². The molecule has 0 saturated carbocycles. The number of likely N-dealkylation sites (tertiary alicyclic amines) is 1. The molecule has 1 saturated heterocycles. The molecule has 3 rings (SSSR count). The molecule has 0 bridgehead atoms. The summed E-state index contributed by atoms with van der Waals surface area (Å²) in [6.07, 6.45) is -0.0839. The molecule has 2 N–H and O–H groups in total. The van der Waals surface area contributed by atoms with Crippen molar-refractivity contribution in [2.45, 2.75) is 51.4 Å². The first-order valence-corrected chi connectivity index (χ1v) is 8.06. The number of aliphatic hydroxyl groups is 1. The molecule has 1 aromatic rings. The van der Waals surface area contributed by atoms with Gasteiger partial charge in [-0.3, -0.25) is 0 Å². The molecule has 0 radical (unpaired) electrons. The summed E-state index contributed by atoms with van der Waals surface area (Å²) < 4.78 is 15.9. The Morgan fingerprint density at radius 2 is 2.00 bits per heavy atom. The Bertz CT molecular complexity index is 639. The minimum Gasteiger partial charge on any atom is -0.507 e. The van der Waals surface area contributed by atoms with Crippen LogP contribution in [0.25, 0.3) is 0 Å². The number of hydrogen-bond donors (Lipinski definition) is 2. The second kappa shape index (κ2) is 6.05. The average Bonchev–Trinajstić information content (AvgIpc) is 3.12. The summed E-state index contributed by atoms with van der Waals surface area (Å²) >= 11 is 0. The van der Waals surface area contributed by atoms with E-state index in [1.54, 1.807) is 26.8 Å². The number of fused-ring (bicyclic) bond motifs is 1. The average molecular weight is 337 g/mol. The van der Waals surface area contributed by atoms with Gasteiger partial charge in [0.2, 0.25) is 6.79 Å². The molecule has 132 valence electrons. The lowest BCUT2D eigenvalue weighted by Gasteiger charge is -2.31. The fraction of sp³-hybridized carbons (Fsp3) is 0.588. The summed E-state index contributed by atoms with van der Waals surface area (Å²) in [6, 6.07) is 2.54. The van der Waals surface area contributed by atoms with Crippen molar-refractivity contribution < 1.29 is 29.2 Å². The Kier molecular flexibility index (Phi) is 4.21. The van der Waals surface area contributed by atoms with Crippen LogP contribution in [0.15, 0.2) is 12.1 Å². The molecule has 1 fully saturated rings. The number of phenols is 1. The smallest absolute Gasteiger partial charge is 0.410 e. The maximum absolute atomic E-state index is 12.4. The molecule has 2 heterocycles. The fourth-order valence-corrected chi connectivity index (χ4v) is 3.06. The Morgan fingerprint density at radius 1 is 1.33 bits per heavy atom. The van der Waals surface area contributed by atoms with Crippen molar-refractivity contribution in [3.05, 3.63) is 17.7 Å². The van der Waals surface area contributed by atoms with Gasteiger partial charge in [-0.05, 0) is 39.7 Å². The highest BCUT2D eigenvalue weighted by Gasteiger charge is 2.38. The third-order valence-corrected chi connectivity index (χ3v) is 4.13. The largest absolute Gasteiger partial charge is 0.507 e. The number of rotatable bonds is 2. The van der Waals surface area contributed by atoms with E-state index in [1.807, 2.05) is 0 Å². The Labute approximate surface area is 140 Å². The molecule has 1 aromatic carbocycles. The topological polar surface area (TPSA) is 88.5 Å². The van der Waals surface area contributed by atoms with Crippen LogP contribution in [0, 0.1) is 0 Å². The molecule has 2 atom stereocenters. The highest BCUT2D eigenvalue weighted by Crippen LogP contribution is 2.42. The first kappa shape index (κ1) is 16.7. The molecule has 0 spiro atoms. The molecule has 7 nitrogen and oxygen atoms in total. The molecule has 0 unspecified atom stereocenters. The predicted octanol–water partition coefficient (Wildman–Crippen LogP) is 2.55. The molecule has 7 heteroatoms. The number of carbonyl (C=O) groups excluding carboxylic acids is 1. The zero-order chi connectivity index (χ0) is 17.5. The molecular weight excluding hydrogens is 314 g/mol. The molecular formula is C17H23NO6. The number of aliphatic hydroxyl groups excluding tert-OH is 1. The number of ether oxygens (including phenoxy) is 3. The van der Waals surface area contributed by atoms with Gasteiger partial charge in [0.1, 0.15) is 17.5 Å². The fourth-order valence-electron chi connectivity index (χ4n) is 3.06. The minimum absolute atomic E-state index is 0.0808. The first-order valence-electron chi connectivity index (χ1n) is 8.06. The van der Waals surface area contributed by atoms with Gasteiger partial charge in [0.05, 0.1) is 6.04 Å². The van der Waals surface area contributed by atoms with Crippen molar-refractivity contribution in [3.63, 3.8) is 0 Å². The van der Waals surface area contributed by atoms with E-state index in [-0.39, 0.29) is 12.5 Å². The highest BCUT2D eigenvalue weighted by molar-refractivity contribution is 5.69. The van der Waals surface area contributed by atoms with E-state index in [0.717, 1.165) is 6.42 Å². The van der Waals surface area contributed by atoms with Gasteiger partial charge in [0.15, 0.2) is 11.5 Å². The summed E-state index contributed by atoms with van der Waals surface area (Å²) in [5.74, 6) is 0.838. The van der Waals surface area contributed by atoms with E-state index < -0.39 is 23.8 Å². The number of amides is 1. The summed E-state index contributed by atoms with van der Waals surface area (Å²) in [5, 5.41) is 20.9. The van der Waals surface area contributed by atoms with Crippen LogP contribution in [0.5, 0.6) is 17.2 Å². The monoisotopic (exact) mass is 337 g/mol. The summed E-state index contributed by atoms with van der Waals surface area (Å²) in [4.78, 5) is 13.9. The Morgan fingerprint density at radius 3 is 2.67 bits per heavy atom. The number of phenolic OH excluding ortho intramolecular Hbond substituents is 1. The molecule has 1 amide bonds. The van der Waals surface area contributed by atoms with E-state index in [9.17, 15) is 15.0 Å². The van der Waals surface area contributed by atoms with Crippen LogP contribution in [0.2, 0.25) is 0 Å². The van der Waals surface area contributed by atoms with Crippen LogP contribution < -0.4 is 9.47 Å². The molecule has 2 aliphatic rings. The summed E-state index contributed by atoms with van der Waals surface area (Å²) in [5.41, 5.74) is -0.282. The molecule has 24 heavy (non-hydrogen) atoms. The van der Waals surface area contributed by atoms with Crippen molar-refractivity contribution in [1.82, 2.24) is 4.90 Å². The van der Waals surface area contributed by atoms with E-state index in [4.69, 9.17) is 14.2 Å². The minimum atomic E-state index is -1.03. The lowest BCUT2D eigenvalue weighted by Crippen LogP contribution is -2.42. The van der Waals surface area contributed by atoms with Gasteiger partial charge < -0.3 is 29.3 Å². The van der Waals surface area contributed by atoms with E-state index in [1.165, 1.54) is 11.0 Å². The lowest BCUT2D eigenvalue weighted by molar-refractivity contribution is 0.00451. The summed E-state index contributed by atoms with van der Waals surface area (Å²) in [7, 11) is 0. The van der Waals surface area contributed by atoms with Crippen LogP contribution in [0.4, 0.5) is 4.79 Å². The van der Waals surface area contributed by atoms with Crippen LogP contribution >= 0.6 is 0 Å². The quantitative estimate of drug-likeness (QED) is 0.862. The van der Waals surface area contributed by atoms with E-state index in [0.29, 0.717) is 30.0 Å². The van der Waals surface area contributed by atoms with Crippen LogP contribution in [-0.4, -0.2) is 46.2 Å². The van der Waals surface area contributed by atoms with Crippen LogP contribution in [-0.2, 0) is 4.74 Å². The van der Waals surface area contributed by atoms with Gasteiger partial charge in [-0.2, -0.15) is 0 Å². The lowest BCUT2D eigenvalue weighted by atomic mass is 9.99. The maximum atomic E-state index is 12.4. The second-order valence-electron chi connectivity index (χ2n) is 7.09. The van der Waals surface area contributed by atoms with Gasteiger partial charge in [0.25, 0.3) is 0 Å². The van der Waals surface area contributed by atoms with Crippen LogP contribution in [0.3, 0.4) is 0 Å². The highest BCUT2D eigenvalue weighted by atomic mass is 16.7. The van der Waals surface area contributed by atoms with Crippen molar-refractivity contribution in [2.75, 3.05) is 13.3 Å².